The van der Waals surface area contributed by atoms with Crippen molar-refractivity contribution in [3.05, 3.63) is 82.4 Å². The Morgan fingerprint density at radius 3 is 2.45 bits per heavy atom. The van der Waals surface area contributed by atoms with Crippen molar-refractivity contribution in [1.82, 2.24) is 9.80 Å². The number of ether oxygens (including phenoxy) is 1. The molecule has 4 aliphatic rings. The van der Waals surface area contributed by atoms with E-state index in [0.29, 0.717) is 12.5 Å². The molecule has 7 atom stereocenters. The minimum absolute atomic E-state index is 0.125. The first-order chi connectivity index (χ1) is 18.4. The number of aliphatic hydroxyl groups is 1. The molecule has 202 valence electrons. The number of benzene rings is 2. The maximum absolute atomic E-state index is 13.1. The molecule has 0 radical (unpaired) electrons. The molecule has 2 aliphatic heterocycles. The van der Waals surface area contributed by atoms with E-state index in [1.54, 1.807) is 0 Å². The summed E-state index contributed by atoms with van der Waals surface area (Å²) in [6.45, 7) is 8.70. The van der Waals surface area contributed by atoms with Crippen molar-refractivity contribution in [2.24, 2.45) is 23.2 Å². The second-order valence-electron chi connectivity index (χ2n) is 12.0. The van der Waals surface area contributed by atoms with Gasteiger partial charge in [0.25, 0.3) is 0 Å². The van der Waals surface area contributed by atoms with Crippen molar-refractivity contribution < 1.29 is 14.6 Å². The van der Waals surface area contributed by atoms with Gasteiger partial charge in [0, 0.05) is 55.5 Å². The minimum Gasteiger partial charge on any atom is -0.461 e. The fourth-order valence-electron chi connectivity index (χ4n) is 7.65. The van der Waals surface area contributed by atoms with Crippen molar-refractivity contribution in [3.8, 4) is 0 Å². The fraction of sp³-hybridized carbons (Fsp3) is 0.531. The summed E-state index contributed by atoms with van der Waals surface area (Å²) in [5.41, 5.74) is 3.54. The molecular formula is C32H39ClN2O3. The van der Waals surface area contributed by atoms with Crippen LogP contribution in [0.15, 0.2) is 66.2 Å². The molecule has 0 amide bonds. The summed E-state index contributed by atoms with van der Waals surface area (Å²) in [5, 5.41) is 12.4. The van der Waals surface area contributed by atoms with Crippen molar-refractivity contribution in [3.63, 3.8) is 0 Å². The molecule has 6 rings (SSSR count). The molecule has 1 saturated carbocycles. The molecule has 0 bridgehead atoms. The first kappa shape index (κ1) is 26.1. The molecule has 0 aromatic heterocycles. The Morgan fingerprint density at radius 1 is 1.05 bits per heavy atom. The number of carbonyl (C=O) groups is 1. The van der Waals surface area contributed by atoms with Gasteiger partial charge < -0.3 is 9.84 Å². The van der Waals surface area contributed by atoms with E-state index in [-0.39, 0.29) is 35.4 Å². The second-order valence-corrected chi connectivity index (χ2v) is 12.4. The lowest BCUT2D eigenvalue weighted by Crippen LogP contribution is -2.55. The van der Waals surface area contributed by atoms with E-state index in [4.69, 9.17) is 16.3 Å². The van der Waals surface area contributed by atoms with Crippen molar-refractivity contribution >= 4 is 17.6 Å². The number of fused-ring (bicyclic) bond motifs is 2. The maximum atomic E-state index is 13.1. The maximum Gasteiger partial charge on any atom is 0.311 e. The standard InChI is InChI=1S/C32H39ClN2O3/c1-21-7-6-10-24-19-27-28(30(36)32(21,24)2)26(31(37)38-27)20-34-15-17-35(18-16-34)29(22-8-4-3-5-9-22)23-11-13-25(33)14-12-23/h3-5,8-14,21,26-30,36H,6-7,15-20H2,1-2H3/t21-,26-,27+,28+,29+,30-,32+/m0/s1. The monoisotopic (exact) mass is 534 g/mol. The molecule has 3 fully saturated rings. The van der Waals surface area contributed by atoms with Crippen LogP contribution in [0.2, 0.25) is 5.02 Å². The van der Waals surface area contributed by atoms with Crippen molar-refractivity contribution in [1.29, 1.82) is 0 Å². The zero-order valence-electron chi connectivity index (χ0n) is 22.4. The third kappa shape index (κ3) is 4.52. The Morgan fingerprint density at radius 2 is 1.74 bits per heavy atom. The van der Waals surface area contributed by atoms with E-state index in [9.17, 15) is 9.90 Å². The fourth-order valence-corrected chi connectivity index (χ4v) is 7.78. The first-order valence-electron chi connectivity index (χ1n) is 14.2. The smallest absolute Gasteiger partial charge is 0.311 e. The number of rotatable bonds is 5. The highest BCUT2D eigenvalue weighted by Crippen LogP contribution is 2.56. The van der Waals surface area contributed by atoms with Gasteiger partial charge in [-0.1, -0.05) is 79.6 Å². The van der Waals surface area contributed by atoms with Crippen LogP contribution in [0, 0.1) is 23.2 Å². The number of esters is 1. The van der Waals surface area contributed by atoms with Crippen LogP contribution in [-0.4, -0.2) is 65.8 Å². The molecule has 2 saturated heterocycles. The van der Waals surface area contributed by atoms with Gasteiger partial charge in [0.05, 0.1) is 18.1 Å². The van der Waals surface area contributed by atoms with Crippen LogP contribution in [0.4, 0.5) is 0 Å². The summed E-state index contributed by atoms with van der Waals surface area (Å²) in [7, 11) is 0. The van der Waals surface area contributed by atoms with E-state index in [2.05, 4.69) is 72.2 Å². The van der Waals surface area contributed by atoms with Crippen molar-refractivity contribution in [2.45, 2.75) is 51.4 Å². The van der Waals surface area contributed by atoms with Crippen LogP contribution in [0.5, 0.6) is 0 Å². The minimum atomic E-state index is -0.548. The number of allylic oxidation sites excluding steroid dienone is 1. The normalized spacial score (nSPS) is 34.7. The summed E-state index contributed by atoms with van der Waals surface area (Å²) in [4.78, 5) is 18.1. The van der Waals surface area contributed by atoms with Crippen LogP contribution in [0.3, 0.4) is 0 Å². The Balaban J connectivity index is 1.16. The van der Waals surface area contributed by atoms with Gasteiger partial charge in [-0.2, -0.15) is 0 Å². The van der Waals surface area contributed by atoms with Gasteiger partial charge >= 0.3 is 5.97 Å². The van der Waals surface area contributed by atoms with Gasteiger partial charge in [-0.05, 0) is 42.0 Å². The summed E-state index contributed by atoms with van der Waals surface area (Å²) in [6.07, 6.45) is 4.47. The van der Waals surface area contributed by atoms with Crippen LogP contribution in [0.1, 0.15) is 50.3 Å². The first-order valence-corrected chi connectivity index (χ1v) is 14.6. The number of hydrogen-bond donors (Lipinski definition) is 1. The van der Waals surface area contributed by atoms with E-state index >= 15 is 0 Å². The lowest BCUT2D eigenvalue weighted by molar-refractivity contribution is -0.145. The number of nitrogens with zero attached hydrogens (tertiary/aromatic N) is 2. The molecule has 2 aliphatic carbocycles. The number of halogens is 1. The summed E-state index contributed by atoms with van der Waals surface area (Å²) >= 11 is 6.19. The highest BCUT2D eigenvalue weighted by Gasteiger charge is 2.59. The average Bonchev–Trinajstić information content (AvgIpc) is 3.23. The predicted molar refractivity (Wildman–Crippen MR) is 150 cm³/mol. The molecule has 2 heterocycles. The van der Waals surface area contributed by atoms with E-state index in [1.807, 2.05) is 12.1 Å². The largest absolute Gasteiger partial charge is 0.461 e. The zero-order valence-corrected chi connectivity index (χ0v) is 23.2. The van der Waals surface area contributed by atoms with Gasteiger partial charge in [-0.3, -0.25) is 14.6 Å². The van der Waals surface area contributed by atoms with Gasteiger partial charge in [-0.15, -0.1) is 0 Å². The van der Waals surface area contributed by atoms with E-state index < -0.39 is 6.10 Å². The van der Waals surface area contributed by atoms with E-state index in [1.165, 1.54) is 16.7 Å². The van der Waals surface area contributed by atoms with Gasteiger partial charge in [-0.25, -0.2) is 0 Å². The van der Waals surface area contributed by atoms with Crippen LogP contribution in [0.25, 0.3) is 0 Å². The third-order valence-electron chi connectivity index (χ3n) is 10.1. The Labute approximate surface area is 231 Å². The highest BCUT2D eigenvalue weighted by atomic mass is 35.5. The summed E-state index contributed by atoms with van der Waals surface area (Å²) in [6, 6.07) is 19.0. The topological polar surface area (TPSA) is 53.0 Å². The van der Waals surface area contributed by atoms with Crippen LogP contribution < -0.4 is 0 Å². The number of hydrogen-bond acceptors (Lipinski definition) is 5. The molecular weight excluding hydrogens is 496 g/mol. The van der Waals surface area contributed by atoms with E-state index in [0.717, 1.165) is 50.5 Å². The number of aliphatic hydroxyl groups excluding tert-OH is 1. The lowest BCUT2D eigenvalue weighted by atomic mass is 9.55. The molecule has 0 spiro atoms. The molecule has 6 heteroatoms. The Hall–Kier alpha value is -2.18. The molecule has 0 unspecified atom stereocenters. The summed E-state index contributed by atoms with van der Waals surface area (Å²) < 4.78 is 5.92. The third-order valence-corrected chi connectivity index (χ3v) is 10.4. The van der Waals surface area contributed by atoms with Crippen molar-refractivity contribution in [2.75, 3.05) is 32.7 Å². The molecule has 5 nitrogen and oxygen atoms in total. The highest BCUT2D eigenvalue weighted by molar-refractivity contribution is 6.30. The van der Waals surface area contributed by atoms with Gasteiger partial charge in [0.2, 0.25) is 0 Å². The SMILES string of the molecule is C[C@H]1CCC=C2C[C@H]3OC(=O)[C@@H](CN4CCN([C@H](c5ccccc5)c5ccc(Cl)cc5)CC4)[C@H]3[C@H](O)[C@@]21C. The summed E-state index contributed by atoms with van der Waals surface area (Å²) in [5.74, 6) is -0.119. The van der Waals surface area contributed by atoms with Gasteiger partial charge in [0.1, 0.15) is 6.10 Å². The number of carbonyl (C=O) groups excluding carboxylic acids is 1. The number of piperazine rings is 1. The van der Waals surface area contributed by atoms with Gasteiger partial charge in [0.15, 0.2) is 0 Å². The average molecular weight is 535 g/mol. The Bertz CT molecular complexity index is 1180. The second kappa shape index (κ2) is 10.4. The van der Waals surface area contributed by atoms with Crippen LogP contribution in [-0.2, 0) is 9.53 Å². The molecule has 1 N–H and O–H groups in total. The Kier molecular flexibility index (Phi) is 7.15. The molecule has 2 aromatic carbocycles. The molecule has 38 heavy (non-hydrogen) atoms. The molecule has 2 aromatic rings. The quantitative estimate of drug-likeness (QED) is 0.415. The predicted octanol–water partition coefficient (Wildman–Crippen LogP) is 5.33. The van der Waals surface area contributed by atoms with Crippen LogP contribution >= 0.6 is 11.6 Å². The zero-order chi connectivity index (χ0) is 26.4. The lowest BCUT2D eigenvalue weighted by Gasteiger charge is -2.52.